The van der Waals surface area contributed by atoms with Gasteiger partial charge in [-0.05, 0) is 50.1 Å². The monoisotopic (exact) mass is 259 g/mol. The first-order chi connectivity index (χ1) is 9.31. The molecule has 0 amide bonds. The van der Waals surface area contributed by atoms with E-state index in [-0.39, 0.29) is 0 Å². The van der Waals surface area contributed by atoms with Crippen LogP contribution in [0.3, 0.4) is 0 Å². The van der Waals surface area contributed by atoms with Gasteiger partial charge in [-0.1, -0.05) is 6.42 Å². The fourth-order valence-electron chi connectivity index (χ4n) is 2.03. The largest absolute Gasteiger partial charge is 0.445 e. The molecular weight excluding hydrogens is 238 g/mol. The van der Waals surface area contributed by atoms with Crippen molar-refractivity contribution in [3.8, 4) is 11.5 Å². The zero-order valence-corrected chi connectivity index (χ0v) is 11.4. The normalized spacial score (nSPS) is 10.6. The number of oxazole rings is 1. The fraction of sp³-hybridized carbons (Fsp3) is 0.400. The van der Waals surface area contributed by atoms with Gasteiger partial charge in [0.2, 0.25) is 5.89 Å². The lowest BCUT2D eigenvalue weighted by Gasteiger charge is -2.10. The second-order valence-corrected chi connectivity index (χ2v) is 4.64. The van der Waals surface area contributed by atoms with E-state index >= 15 is 0 Å². The summed E-state index contributed by atoms with van der Waals surface area (Å²) in [4.78, 5) is 4.15. The second kappa shape index (κ2) is 6.95. The van der Waals surface area contributed by atoms with Gasteiger partial charge in [0.25, 0.3) is 0 Å². The molecule has 0 bridgehead atoms. The smallest absolute Gasteiger partial charge is 0.225 e. The van der Waals surface area contributed by atoms with E-state index in [1.54, 1.807) is 12.5 Å². The van der Waals surface area contributed by atoms with Crippen molar-refractivity contribution in [1.82, 2.24) is 4.98 Å². The Kier molecular flexibility index (Phi) is 4.98. The summed E-state index contributed by atoms with van der Waals surface area (Å²) in [6.45, 7) is 3.86. The number of aryl methyl sites for hydroxylation is 1. The Bertz CT molecular complexity index is 494. The predicted octanol–water partition coefficient (Wildman–Crippen LogP) is 3.19. The molecule has 1 aromatic carbocycles. The van der Waals surface area contributed by atoms with E-state index in [0.717, 1.165) is 31.5 Å². The molecule has 19 heavy (non-hydrogen) atoms. The highest BCUT2D eigenvalue weighted by Gasteiger charge is 2.05. The molecule has 4 nitrogen and oxygen atoms in total. The molecule has 0 spiro atoms. The molecule has 0 saturated heterocycles. The van der Waals surface area contributed by atoms with Gasteiger partial charge in [0.05, 0.1) is 6.20 Å². The maximum absolute atomic E-state index is 5.47. The topological polar surface area (TPSA) is 64.1 Å². The lowest BCUT2D eigenvalue weighted by atomic mass is 10.1. The number of nitrogens with two attached hydrogens (primary N) is 1. The van der Waals surface area contributed by atoms with E-state index < -0.39 is 0 Å². The molecule has 4 heteroatoms. The van der Waals surface area contributed by atoms with Gasteiger partial charge < -0.3 is 15.5 Å². The molecule has 1 aromatic heterocycles. The molecule has 3 N–H and O–H groups in total. The Hall–Kier alpha value is -1.81. The van der Waals surface area contributed by atoms with Gasteiger partial charge >= 0.3 is 0 Å². The van der Waals surface area contributed by atoms with Gasteiger partial charge in [-0.25, -0.2) is 4.98 Å². The van der Waals surface area contributed by atoms with Crippen molar-refractivity contribution in [2.24, 2.45) is 5.73 Å². The van der Waals surface area contributed by atoms with Crippen LogP contribution in [0.5, 0.6) is 0 Å². The van der Waals surface area contributed by atoms with Crippen LogP contribution >= 0.6 is 0 Å². The van der Waals surface area contributed by atoms with E-state index in [1.165, 1.54) is 17.7 Å². The number of nitrogens with one attached hydrogen (secondary N) is 1. The predicted molar refractivity (Wildman–Crippen MR) is 78.1 cm³/mol. The summed E-state index contributed by atoms with van der Waals surface area (Å²) in [5.41, 5.74) is 8.86. The molecule has 0 unspecified atom stereocenters. The second-order valence-electron chi connectivity index (χ2n) is 4.64. The minimum Gasteiger partial charge on any atom is -0.445 e. The molecule has 1 heterocycles. The Morgan fingerprint density at radius 3 is 2.84 bits per heavy atom. The summed E-state index contributed by atoms with van der Waals surface area (Å²) in [5.74, 6) is 0.664. The number of anilines is 1. The van der Waals surface area contributed by atoms with Crippen LogP contribution in [0.1, 0.15) is 24.8 Å². The van der Waals surface area contributed by atoms with Crippen LogP contribution in [0.4, 0.5) is 5.69 Å². The van der Waals surface area contributed by atoms with Crippen molar-refractivity contribution < 1.29 is 4.42 Å². The summed E-state index contributed by atoms with van der Waals surface area (Å²) in [6, 6.07) is 6.20. The summed E-state index contributed by atoms with van der Waals surface area (Å²) in [7, 11) is 0. The van der Waals surface area contributed by atoms with Crippen LogP contribution in [0.2, 0.25) is 0 Å². The number of benzene rings is 1. The van der Waals surface area contributed by atoms with E-state index in [0.29, 0.717) is 5.89 Å². The number of aromatic nitrogens is 1. The summed E-state index contributed by atoms with van der Waals surface area (Å²) < 4.78 is 5.30. The number of unbranched alkanes of at least 4 members (excludes halogenated alkanes) is 2. The highest BCUT2D eigenvalue weighted by Crippen LogP contribution is 2.23. The van der Waals surface area contributed by atoms with Crippen LogP contribution in [0.25, 0.3) is 11.5 Å². The minimum absolute atomic E-state index is 0.664. The summed E-state index contributed by atoms with van der Waals surface area (Å²) in [6.07, 6.45) is 6.68. The molecule has 0 aliphatic heterocycles. The molecule has 0 saturated carbocycles. The van der Waals surface area contributed by atoms with Crippen molar-refractivity contribution >= 4 is 5.69 Å². The Labute approximate surface area is 114 Å². The maximum atomic E-state index is 5.47. The summed E-state index contributed by atoms with van der Waals surface area (Å²) >= 11 is 0. The lowest BCUT2D eigenvalue weighted by Crippen LogP contribution is -2.04. The SMILES string of the molecule is Cc1cc(-c2ncco2)ccc1NCCCCCN. The molecule has 0 aliphatic rings. The number of nitrogens with zero attached hydrogens (tertiary/aromatic N) is 1. The Morgan fingerprint density at radius 2 is 2.16 bits per heavy atom. The van der Waals surface area contributed by atoms with Gasteiger partial charge in [-0.3, -0.25) is 0 Å². The lowest BCUT2D eigenvalue weighted by molar-refractivity contribution is 0.574. The average Bonchev–Trinajstić information content (AvgIpc) is 2.94. The molecule has 0 radical (unpaired) electrons. The van der Waals surface area contributed by atoms with Crippen LogP contribution in [0.15, 0.2) is 35.1 Å². The molecular formula is C15H21N3O. The van der Waals surface area contributed by atoms with Crippen LogP contribution < -0.4 is 11.1 Å². The molecule has 2 rings (SSSR count). The third kappa shape index (κ3) is 3.83. The van der Waals surface area contributed by atoms with Crippen molar-refractivity contribution in [2.45, 2.75) is 26.2 Å². The molecule has 0 atom stereocenters. The summed E-state index contributed by atoms with van der Waals surface area (Å²) in [5, 5.41) is 3.45. The van der Waals surface area contributed by atoms with E-state index in [1.807, 2.05) is 6.07 Å². The molecule has 2 aromatic rings. The van der Waals surface area contributed by atoms with Crippen LogP contribution in [-0.2, 0) is 0 Å². The number of hydrogen-bond acceptors (Lipinski definition) is 4. The Balaban J connectivity index is 1.92. The van der Waals surface area contributed by atoms with Gasteiger partial charge in [0, 0.05) is 17.8 Å². The zero-order chi connectivity index (χ0) is 13.5. The first kappa shape index (κ1) is 13.6. The van der Waals surface area contributed by atoms with Gasteiger partial charge in [0.15, 0.2) is 0 Å². The van der Waals surface area contributed by atoms with Gasteiger partial charge in [-0.2, -0.15) is 0 Å². The van der Waals surface area contributed by atoms with Gasteiger partial charge in [-0.15, -0.1) is 0 Å². The standard InChI is InChI=1S/C15H21N3O/c1-12-11-13(15-18-9-10-19-15)5-6-14(12)17-8-4-2-3-7-16/h5-6,9-11,17H,2-4,7-8,16H2,1H3. The highest BCUT2D eigenvalue weighted by molar-refractivity contribution is 5.62. The Morgan fingerprint density at radius 1 is 1.26 bits per heavy atom. The highest BCUT2D eigenvalue weighted by atomic mass is 16.3. The molecule has 102 valence electrons. The maximum Gasteiger partial charge on any atom is 0.225 e. The number of rotatable bonds is 7. The minimum atomic E-state index is 0.664. The van der Waals surface area contributed by atoms with Crippen molar-refractivity contribution in [2.75, 3.05) is 18.4 Å². The first-order valence-corrected chi connectivity index (χ1v) is 6.75. The molecule has 0 aliphatic carbocycles. The zero-order valence-electron chi connectivity index (χ0n) is 11.4. The third-order valence-electron chi connectivity index (χ3n) is 3.10. The fourth-order valence-corrected chi connectivity index (χ4v) is 2.03. The molecule has 0 fully saturated rings. The van der Waals surface area contributed by atoms with Crippen molar-refractivity contribution in [1.29, 1.82) is 0 Å². The quantitative estimate of drug-likeness (QED) is 0.749. The van der Waals surface area contributed by atoms with E-state index in [2.05, 4.69) is 29.4 Å². The van der Waals surface area contributed by atoms with Crippen LogP contribution in [0, 0.1) is 6.92 Å². The van der Waals surface area contributed by atoms with Crippen molar-refractivity contribution in [3.05, 3.63) is 36.2 Å². The van der Waals surface area contributed by atoms with E-state index in [9.17, 15) is 0 Å². The van der Waals surface area contributed by atoms with Crippen LogP contribution in [-0.4, -0.2) is 18.1 Å². The number of hydrogen-bond donors (Lipinski definition) is 2. The van der Waals surface area contributed by atoms with E-state index in [4.69, 9.17) is 10.2 Å². The van der Waals surface area contributed by atoms with Crippen molar-refractivity contribution in [3.63, 3.8) is 0 Å². The first-order valence-electron chi connectivity index (χ1n) is 6.75. The average molecular weight is 259 g/mol. The van der Waals surface area contributed by atoms with Gasteiger partial charge in [0.1, 0.15) is 6.26 Å². The third-order valence-corrected chi connectivity index (χ3v) is 3.10.